The molecule has 0 N–H and O–H groups in total. The lowest BCUT2D eigenvalue weighted by Crippen LogP contribution is -2.16. The Balaban J connectivity index is 3.23. The summed E-state index contributed by atoms with van der Waals surface area (Å²) in [5.74, 6) is -0.398. The highest BCUT2D eigenvalue weighted by atomic mass is 19.1. The number of hydrogen-bond acceptors (Lipinski definition) is 1. The van der Waals surface area contributed by atoms with Crippen LogP contribution in [0, 0.1) is 12.9 Å². The molecule has 0 aliphatic heterocycles. The van der Waals surface area contributed by atoms with Crippen molar-refractivity contribution in [1.82, 2.24) is 4.98 Å². The van der Waals surface area contributed by atoms with Crippen molar-refractivity contribution in [3.8, 4) is 0 Å². The zero-order valence-electron chi connectivity index (χ0n) is 7.98. The Morgan fingerprint density at radius 3 is 2.25 bits per heavy atom. The summed E-state index contributed by atoms with van der Waals surface area (Å²) in [6, 6.07) is 3.16. The lowest BCUT2D eigenvalue weighted by Gasteiger charge is -2.19. The van der Waals surface area contributed by atoms with Gasteiger partial charge in [-0.25, -0.2) is 4.98 Å². The van der Waals surface area contributed by atoms with Gasteiger partial charge in [0.1, 0.15) is 0 Å². The Labute approximate surface area is 72.6 Å². The first-order valence-corrected chi connectivity index (χ1v) is 4.05. The average molecular weight is 167 g/mol. The van der Waals surface area contributed by atoms with Gasteiger partial charge < -0.3 is 0 Å². The van der Waals surface area contributed by atoms with Crippen molar-refractivity contribution in [3.63, 3.8) is 0 Å². The number of rotatable bonds is 0. The van der Waals surface area contributed by atoms with Gasteiger partial charge in [0, 0.05) is 5.41 Å². The van der Waals surface area contributed by atoms with Crippen LogP contribution >= 0.6 is 0 Å². The number of pyridine rings is 1. The minimum Gasteiger partial charge on any atom is -0.224 e. The number of aromatic nitrogens is 1. The summed E-state index contributed by atoms with van der Waals surface area (Å²) >= 11 is 0. The summed E-state index contributed by atoms with van der Waals surface area (Å²) in [5, 5.41) is 0. The second-order valence-electron chi connectivity index (χ2n) is 4.05. The second-order valence-corrected chi connectivity index (χ2v) is 4.05. The number of hydrogen-bond donors (Lipinski definition) is 0. The van der Waals surface area contributed by atoms with E-state index in [0.717, 1.165) is 11.3 Å². The standard InChI is InChI=1S/C10H14FN/c1-7-5-6-8(11)12-9(7)10(2,3)4/h5-6H,1-4H3. The molecular formula is C10H14FN. The SMILES string of the molecule is Cc1ccc(F)nc1C(C)(C)C. The first-order chi connectivity index (χ1) is 5.41. The van der Waals surface area contributed by atoms with Crippen molar-refractivity contribution < 1.29 is 4.39 Å². The van der Waals surface area contributed by atoms with E-state index >= 15 is 0 Å². The Morgan fingerprint density at radius 2 is 1.83 bits per heavy atom. The van der Waals surface area contributed by atoms with Crippen LogP contribution in [0.4, 0.5) is 4.39 Å². The van der Waals surface area contributed by atoms with E-state index in [9.17, 15) is 4.39 Å². The molecular weight excluding hydrogens is 153 g/mol. The topological polar surface area (TPSA) is 12.9 Å². The fraction of sp³-hybridized carbons (Fsp3) is 0.500. The summed E-state index contributed by atoms with van der Waals surface area (Å²) < 4.78 is 12.8. The zero-order valence-corrected chi connectivity index (χ0v) is 7.98. The molecule has 0 saturated heterocycles. The lowest BCUT2D eigenvalue weighted by molar-refractivity contribution is 0.519. The van der Waals surface area contributed by atoms with E-state index in [-0.39, 0.29) is 5.41 Å². The van der Waals surface area contributed by atoms with E-state index < -0.39 is 5.95 Å². The number of halogens is 1. The summed E-state index contributed by atoms with van der Waals surface area (Å²) in [6.45, 7) is 8.04. The predicted molar refractivity (Wildman–Crippen MR) is 47.6 cm³/mol. The van der Waals surface area contributed by atoms with Crippen molar-refractivity contribution in [1.29, 1.82) is 0 Å². The third-order valence-electron chi connectivity index (χ3n) is 1.77. The van der Waals surface area contributed by atoms with Crippen molar-refractivity contribution >= 4 is 0 Å². The normalized spacial score (nSPS) is 11.8. The number of aryl methyl sites for hydroxylation is 1. The molecule has 0 atom stereocenters. The highest BCUT2D eigenvalue weighted by Gasteiger charge is 2.18. The molecule has 0 amide bonds. The van der Waals surface area contributed by atoms with Gasteiger partial charge in [-0.3, -0.25) is 0 Å². The molecule has 0 spiro atoms. The Hall–Kier alpha value is -0.920. The van der Waals surface area contributed by atoms with E-state index in [1.54, 1.807) is 6.07 Å². The van der Waals surface area contributed by atoms with Crippen molar-refractivity contribution in [3.05, 3.63) is 29.3 Å². The van der Waals surface area contributed by atoms with Crippen LogP contribution in [0.1, 0.15) is 32.0 Å². The van der Waals surface area contributed by atoms with Crippen molar-refractivity contribution in [2.45, 2.75) is 33.1 Å². The quantitative estimate of drug-likeness (QED) is 0.541. The molecule has 0 unspecified atom stereocenters. The van der Waals surface area contributed by atoms with Crippen molar-refractivity contribution in [2.24, 2.45) is 0 Å². The van der Waals surface area contributed by atoms with Gasteiger partial charge in [-0.15, -0.1) is 0 Å². The van der Waals surface area contributed by atoms with E-state index in [0.29, 0.717) is 0 Å². The van der Waals surface area contributed by atoms with Crippen LogP contribution in [0.3, 0.4) is 0 Å². The molecule has 66 valence electrons. The molecule has 1 nitrogen and oxygen atoms in total. The van der Waals surface area contributed by atoms with Gasteiger partial charge in [0.25, 0.3) is 0 Å². The van der Waals surface area contributed by atoms with Crippen molar-refractivity contribution in [2.75, 3.05) is 0 Å². The van der Waals surface area contributed by atoms with Crippen LogP contribution in [-0.2, 0) is 5.41 Å². The lowest BCUT2D eigenvalue weighted by atomic mass is 9.89. The Bertz CT molecular complexity index is 286. The van der Waals surface area contributed by atoms with Crippen LogP contribution in [-0.4, -0.2) is 4.98 Å². The maximum absolute atomic E-state index is 12.8. The van der Waals surface area contributed by atoms with Crippen LogP contribution in [0.15, 0.2) is 12.1 Å². The highest BCUT2D eigenvalue weighted by molar-refractivity contribution is 5.24. The largest absolute Gasteiger partial charge is 0.224 e. The molecule has 1 rings (SSSR count). The van der Waals surface area contributed by atoms with E-state index in [1.807, 2.05) is 27.7 Å². The maximum atomic E-state index is 12.8. The Morgan fingerprint density at radius 1 is 1.25 bits per heavy atom. The fourth-order valence-corrected chi connectivity index (χ4v) is 1.26. The highest BCUT2D eigenvalue weighted by Crippen LogP contribution is 2.23. The van der Waals surface area contributed by atoms with Gasteiger partial charge in [-0.1, -0.05) is 26.8 Å². The Kier molecular flexibility index (Phi) is 2.18. The molecule has 1 heterocycles. The number of nitrogens with zero attached hydrogens (tertiary/aromatic N) is 1. The maximum Gasteiger partial charge on any atom is 0.213 e. The molecule has 1 aromatic heterocycles. The smallest absolute Gasteiger partial charge is 0.213 e. The third-order valence-corrected chi connectivity index (χ3v) is 1.77. The van der Waals surface area contributed by atoms with E-state index in [1.165, 1.54) is 6.07 Å². The molecule has 0 aliphatic rings. The monoisotopic (exact) mass is 167 g/mol. The second kappa shape index (κ2) is 2.85. The summed E-state index contributed by atoms with van der Waals surface area (Å²) in [5.41, 5.74) is 1.80. The first-order valence-electron chi connectivity index (χ1n) is 4.05. The average Bonchev–Trinajstić information content (AvgIpc) is 1.92. The third kappa shape index (κ3) is 1.81. The molecule has 0 fully saturated rings. The molecule has 0 aliphatic carbocycles. The zero-order chi connectivity index (χ0) is 9.35. The summed E-state index contributed by atoms with van der Waals surface area (Å²) in [6.07, 6.45) is 0. The van der Waals surface area contributed by atoms with Gasteiger partial charge in [0.05, 0.1) is 5.69 Å². The molecule has 12 heavy (non-hydrogen) atoms. The van der Waals surface area contributed by atoms with Gasteiger partial charge >= 0.3 is 0 Å². The van der Waals surface area contributed by atoms with Gasteiger partial charge in [0.15, 0.2) is 0 Å². The predicted octanol–water partition coefficient (Wildman–Crippen LogP) is 2.83. The van der Waals surface area contributed by atoms with Crippen LogP contribution in [0.2, 0.25) is 0 Å². The molecule has 0 radical (unpaired) electrons. The fourth-order valence-electron chi connectivity index (χ4n) is 1.26. The first kappa shape index (κ1) is 9.17. The van der Waals surface area contributed by atoms with E-state index in [4.69, 9.17) is 0 Å². The molecule has 0 bridgehead atoms. The van der Waals surface area contributed by atoms with E-state index in [2.05, 4.69) is 4.98 Å². The summed E-state index contributed by atoms with van der Waals surface area (Å²) in [4.78, 5) is 3.88. The van der Waals surface area contributed by atoms with Gasteiger partial charge in [-0.05, 0) is 18.6 Å². The summed E-state index contributed by atoms with van der Waals surface area (Å²) in [7, 11) is 0. The molecule has 0 saturated carbocycles. The minimum absolute atomic E-state index is 0.0772. The van der Waals surface area contributed by atoms with Crippen LogP contribution in [0.5, 0.6) is 0 Å². The molecule has 0 aromatic carbocycles. The van der Waals surface area contributed by atoms with Gasteiger partial charge in [0.2, 0.25) is 5.95 Å². The van der Waals surface area contributed by atoms with Crippen LogP contribution in [0.25, 0.3) is 0 Å². The molecule has 2 heteroatoms. The minimum atomic E-state index is -0.398. The van der Waals surface area contributed by atoms with Gasteiger partial charge in [-0.2, -0.15) is 4.39 Å². The molecule has 1 aromatic rings. The van der Waals surface area contributed by atoms with Crippen LogP contribution < -0.4 is 0 Å².